The van der Waals surface area contributed by atoms with Gasteiger partial charge in [-0.25, -0.2) is 0 Å². The second-order valence-electron chi connectivity index (χ2n) is 15.4. The molecule has 0 radical (unpaired) electrons. The first-order valence-electron chi connectivity index (χ1n) is 24.0. The van der Waals surface area contributed by atoms with E-state index in [1.54, 1.807) is 0 Å². The molecule has 0 spiro atoms. The Hall–Kier alpha value is -3.93. The predicted octanol–water partition coefficient (Wildman–Crippen LogP) is 15.6. The summed E-state index contributed by atoms with van der Waals surface area (Å²) >= 11 is 0. The Balaban J connectivity index is 4.58. The molecule has 0 rings (SSSR count). The molecule has 0 heterocycles. The molecule has 0 bridgehead atoms. The molecule has 6 nitrogen and oxygen atoms in total. The molecular weight excluding hydrogens is 745 g/mol. The molecule has 0 aromatic heterocycles. The van der Waals surface area contributed by atoms with Crippen LogP contribution in [0.1, 0.15) is 194 Å². The van der Waals surface area contributed by atoms with Crippen LogP contribution < -0.4 is 0 Å². The molecule has 0 saturated heterocycles. The molecule has 338 valence electrons. The highest BCUT2D eigenvalue weighted by atomic mass is 16.6. The molecule has 0 amide bonds. The summed E-state index contributed by atoms with van der Waals surface area (Å²) in [6.45, 7) is 6.34. The van der Waals surface area contributed by atoms with Crippen molar-refractivity contribution in [2.45, 2.75) is 200 Å². The maximum atomic E-state index is 12.7. The van der Waals surface area contributed by atoms with Gasteiger partial charge in [0.2, 0.25) is 0 Å². The van der Waals surface area contributed by atoms with E-state index in [1.165, 1.54) is 70.6 Å². The van der Waals surface area contributed by atoms with Gasteiger partial charge in [0.25, 0.3) is 0 Å². The summed E-state index contributed by atoms with van der Waals surface area (Å²) in [4.78, 5) is 37.8. The predicted molar refractivity (Wildman–Crippen MR) is 256 cm³/mol. The summed E-state index contributed by atoms with van der Waals surface area (Å²) in [7, 11) is 0. The van der Waals surface area contributed by atoms with Gasteiger partial charge in [-0.2, -0.15) is 0 Å². The van der Waals surface area contributed by atoms with E-state index in [2.05, 4.69) is 63.3 Å². The number of unbranched alkanes of at least 4 members (excludes halogenated alkanes) is 17. The van der Waals surface area contributed by atoms with Gasteiger partial charge in [0.15, 0.2) is 6.10 Å². The van der Waals surface area contributed by atoms with Gasteiger partial charge in [-0.3, -0.25) is 14.4 Å². The van der Waals surface area contributed by atoms with Crippen LogP contribution in [0, 0.1) is 0 Å². The summed E-state index contributed by atoms with van der Waals surface area (Å²) in [6, 6.07) is 0. The van der Waals surface area contributed by atoms with Crippen molar-refractivity contribution in [2.75, 3.05) is 13.2 Å². The Bertz CT molecular complexity index is 1280. The van der Waals surface area contributed by atoms with Gasteiger partial charge in [-0.15, -0.1) is 0 Å². The Morgan fingerprint density at radius 3 is 1.28 bits per heavy atom. The first kappa shape index (κ1) is 56.1. The summed E-state index contributed by atoms with van der Waals surface area (Å²) in [5.74, 6) is -1.05. The van der Waals surface area contributed by atoms with Crippen molar-refractivity contribution in [2.24, 2.45) is 0 Å². The zero-order valence-corrected chi connectivity index (χ0v) is 38.4. The third-order valence-corrected chi connectivity index (χ3v) is 9.66. The smallest absolute Gasteiger partial charge is 0.306 e. The van der Waals surface area contributed by atoms with Gasteiger partial charge in [-0.05, 0) is 83.5 Å². The highest BCUT2D eigenvalue weighted by molar-refractivity contribution is 5.71. The van der Waals surface area contributed by atoms with Crippen molar-refractivity contribution in [3.63, 3.8) is 0 Å². The van der Waals surface area contributed by atoms with Crippen LogP contribution in [0.2, 0.25) is 0 Å². The van der Waals surface area contributed by atoms with Gasteiger partial charge in [0, 0.05) is 19.3 Å². The molecule has 60 heavy (non-hydrogen) atoms. The molecule has 0 aliphatic heterocycles. The van der Waals surface area contributed by atoms with E-state index in [-0.39, 0.29) is 31.6 Å². The van der Waals surface area contributed by atoms with Crippen LogP contribution in [0.5, 0.6) is 0 Å². The summed E-state index contributed by atoms with van der Waals surface area (Å²) in [5.41, 5.74) is 0. The molecular formula is C54H86O6. The van der Waals surface area contributed by atoms with Crippen LogP contribution in [0.4, 0.5) is 0 Å². The zero-order valence-electron chi connectivity index (χ0n) is 38.4. The summed E-state index contributed by atoms with van der Waals surface area (Å²) in [6.07, 6.45) is 63.6. The fourth-order valence-electron chi connectivity index (χ4n) is 6.05. The van der Waals surface area contributed by atoms with E-state index in [4.69, 9.17) is 14.2 Å². The number of esters is 3. The fourth-order valence-corrected chi connectivity index (χ4v) is 6.05. The summed E-state index contributed by atoms with van der Waals surface area (Å²) in [5, 5.41) is 0. The van der Waals surface area contributed by atoms with Crippen molar-refractivity contribution >= 4 is 17.9 Å². The molecule has 0 aliphatic rings. The lowest BCUT2D eigenvalue weighted by molar-refractivity contribution is -0.166. The van der Waals surface area contributed by atoms with Crippen LogP contribution in [-0.4, -0.2) is 37.2 Å². The van der Waals surface area contributed by atoms with Crippen molar-refractivity contribution in [1.82, 2.24) is 0 Å². The Kier molecular flexibility index (Phi) is 44.6. The maximum absolute atomic E-state index is 12.7. The van der Waals surface area contributed by atoms with E-state index >= 15 is 0 Å². The monoisotopic (exact) mass is 831 g/mol. The lowest BCUT2D eigenvalue weighted by Crippen LogP contribution is -2.30. The van der Waals surface area contributed by atoms with Crippen LogP contribution in [0.3, 0.4) is 0 Å². The quantitative estimate of drug-likeness (QED) is 0.0201. The lowest BCUT2D eigenvalue weighted by Gasteiger charge is -2.18. The molecule has 0 aromatic carbocycles. The molecule has 0 fully saturated rings. The van der Waals surface area contributed by atoms with Gasteiger partial charge in [0.1, 0.15) is 13.2 Å². The third kappa shape index (κ3) is 45.2. The van der Waals surface area contributed by atoms with E-state index in [0.717, 1.165) is 77.0 Å². The minimum atomic E-state index is -0.830. The standard InChI is InChI=1S/C54H86O6/c1-4-7-10-13-16-19-22-25-26-27-28-30-32-35-38-41-44-47-53(56)59-50-51(49-58-52(55)46-43-40-37-34-31-24-21-18-15-12-9-6-3)60-54(57)48-45-42-39-36-33-29-23-20-17-14-11-8-5-2/h7,10,13,16,18-19,21-22,25-30,32-33,39,42,51H,4-6,8-9,11-12,14-15,17,20,23-24,31,34-38,40-41,43-50H2,1-3H3/b10-7-,16-13-,21-18-,22-19-,26-25-,28-27+,32-30-,33-29-,42-39-. The molecule has 6 heteroatoms. The van der Waals surface area contributed by atoms with Crippen LogP contribution in [0.25, 0.3) is 0 Å². The average molecular weight is 831 g/mol. The summed E-state index contributed by atoms with van der Waals surface area (Å²) < 4.78 is 16.6. The van der Waals surface area contributed by atoms with Gasteiger partial charge < -0.3 is 14.2 Å². The minimum Gasteiger partial charge on any atom is -0.462 e. The SMILES string of the molecule is CC\C=C/C=C\C=C/C=C\C=C\C=C/CCCCCC(=O)OCC(COC(=O)CCCCCCC/C=C\CCCCC)OC(=O)CC/C=C\C/C=C\CCCCCCCC. The molecule has 0 saturated carbocycles. The second-order valence-corrected chi connectivity index (χ2v) is 15.4. The zero-order chi connectivity index (χ0) is 43.7. The highest BCUT2D eigenvalue weighted by Crippen LogP contribution is 2.12. The van der Waals surface area contributed by atoms with Gasteiger partial charge >= 0.3 is 17.9 Å². The number of carbonyl (C=O) groups is 3. The van der Waals surface area contributed by atoms with Crippen LogP contribution in [0.15, 0.2) is 109 Å². The molecule has 0 aromatic rings. The third-order valence-electron chi connectivity index (χ3n) is 9.66. The number of allylic oxidation sites excluding steroid dienone is 18. The number of ether oxygens (including phenoxy) is 3. The Morgan fingerprint density at radius 1 is 0.367 bits per heavy atom. The number of hydrogen-bond acceptors (Lipinski definition) is 6. The molecule has 0 N–H and O–H groups in total. The van der Waals surface area contributed by atoms with E-state index in [0.29, 0.717) is 19.3 Å². The van der Waals surface area contributed by atoms with Gasteiger partial charge in [-0.1, -0.05) is 201 Å². The molecule has 1 unspecified atom stereocenters. The first-order valence-corrected chi connectivity index (χ1v) is 24.0. The van der Waals surface area contributed by atoms with Crippen molar-refractivity contribution < 1.29 is 28.6 Å². The van der Waals surface area contributed by atoms with Crippen LogP contribution in [-0.2, 0) is 28.6 Å². The Labute approximate surface area is 368 Å². The Morgan fingerprint density at radius 2 is 0.750 bits per heavy atom. The molecule has 0 aliphatic carbocycles. The van der Waals surface area contributed by atoms with Crippen LogP contribution >= 0.6 is 0 Å². The topological polar surface area (TPSA) is 78.9 Å². The van der Waals surface area contributed by atoms with E-state index in [1.807, 2.05) is 66.8 Å². The number of hydrogen-bond donors (Lipinski definition) is 0. The largest absolute Gasteiger partial charge is 0.462 e. The van der Waals surface area contributed by atoms with Crippen molar-refractivity contribution in [1.29, 1.82) is 0 Å². The minimum absolute atomic E-state index is 0.122. The number of rotatable bonds is 41. The maximum Gasteiger partial charge on any atom is 0.306 e. The first-order chi connectivity index (χ1) is 29.5. The number of carbonyl (C=O) groups excluding carboxylic acids is 3. The fraction of sp³-hybridized carbons (Fsp3) is 0.611. The van der Waals surface area contributed by atoms with Crippen molar-refractivity contribution in [3.05, 3.63) is 109 Å². The van der Waals surface area contributed by atoms with E-state index < -0.39 is 12.1 Å². The van der Waals surface area contributed by atoms with Crippen molar-refractivity contribution in [3.8, 4) is 0 Å². The van der Waals surface area contributed by atoms with E-state index in [9.17, 15) is 14.4 Å². The second kappa shape index (κ2) is 47.7. The highest BCUT2D eigenvalue weighted by Gasteiger charge is 2.19. The normalized spacial score (nSPS) is 13.1. The molecule has 1 atom stereocenters. The van der Waals surface area contributed by atoms with Gasteiger partial charge in [0.05, 0.1) is 0 Å². The average Bonchev–Trinajstić information content (AvgIpc) is 3.24. The lowest BCUT2D eigenvalue weighted by atomic mass is 10.1.